The van der Waals surface area contributed by atoms with Gasteiger partial charge in [0, 0.05) is 11.6 Å². The Morgan fingerprint density at radius 1 is 1.26 bits per heavy atom. The Labute approximate surface area is 113 Å². The monoisotopic (exact) mass is 263 g/mol. The van der Waals surface area contributed by atoms with Crippen molar-refractivity contribution in [2.75, 3.05) is 0 Å². The van der Waals surface area contributed by atoms with Gasteiger partial charge in [-0.3, -0.25) is 9.59 Å². The average molecular weight is 263 g/mol. The second kappa shape index (κ2) is 7.56. The van der Waals surface area contributed by atoms with Crippen molar-refractivity contribution in [3.8, 4) is 0 Å². The fraction of sp³-hybridized carbons (Fsp3) is 0.467. The van der Waals surface area contributed by atoms with Gasteiger partial charge in [0.2, 0.25) is 0 Å². The van der Waals surface area contributed by atoms with Gasteiger partial charge in [-0.2, -0.15) is 0 Å². The van der Waals surface area contributed by atoms with Gasteiger partial charge >= 0.3 is 5.97 Å². The summed E-state index contributed by atoms with van der Waals surface area (Å²) in [5, 5.41) is 11.3. The van der Waals surface area contributed by atoms with Gasteiger partial charge in [-0.25, -0.2) is 0 Å². The first-order valence-corrected chi connectivity index (χ1v) is 6.64. The zero-order valence-electron chi connectivity index (χ0n) is 11.5. The van der Waals surface area contributed by atoms with E-state index in [2.05, 4.69) is 12.2 Å². The fourth-order valence-corrected chi connectivity index (χ4v) is 1.82. The highest BCUT2D eigenvalue weighted by atomic mass is 16.4. The molecule has 1 unspecified atom stereocenters. The van der Waals surface area contributed by atoms with Gasteiger partial charge in [-0.05, 0) is 37.5 Å². The predicted octanol–water partition coefficient (Wildman–Crippen LogP) is 2.62. The molecule has 0 aliphatic heterocycles. The van der Waals surface area contributed by atoms with E-state index in [1.807, 2.05) is 12.1 Å². The highest BCUT2D eigenvalue weighted by Crippen LogP contribution is 2.08. The van der Waals surface area contributed by atoms with Crippen molar-refractivity contribution in [1.29, 1.82) is 0 Å². The van der Waals surface area contributed by atoms with Gasteiger partial charge in [-0.1, -0.05) is 25.5 Å². The lowest BCUT2D eigenvalue weighted by atomic mass is 10.1. The highest BCUT2D eigenvalue weighted by molar-refractivity contribution is 5.94. The van der Waals surface area contributed by atoms with E-state index in [1.54, 1.807) is 19.1 Å². The second-order valence-corrected chi connectivity index (χ2v) is 4.77. The molecule has 1 aromatic rings. The summed E-state index contributed by atoms with van der Waals surface area (Å²) in [4.78, 5) is 22.4. The minimum atomic E-state index is -0.914. The summed E-state index contributed by atoms with van der Waals surface area (Å²) in [5.74, 6) is -1.14. The third kappa shape index (κ3) is 5.55. The van der Waals surface area contributed by atoms with Crippen molar-refractivity contribution in [3.05, 3.63) is 35.4 Å². The molecule has 0 radical (unpaired) electrons. The predicted molar refractivity (Wildman–Crippen MR) is 74.2 cm³/mol. The molecule has 0 aliphatic carbocycles. The average Bonchev–Trinajstić information content (AvgIpc) is 2.35. The SMILES string of the molecule is CCCCc1ccc(C(=O)NC(C)CC(=O)O)cc1. The quantitative estimate of drug-likeness (QED) is 0.794. The number of hydrogen-bond donors (Lipinski definition) is 2. The van der Waals surface area contributed by atoms with Crippen molar-refractivity contribution < 1.29 is 14.7 Å². The number of carboxylic acids is 1. The number of aliphatic carboxylic acids is 1. The first-order valence-electron chi connectivity index (χ1n) is 6.64. The maximum Gasteiger partial charge on any atom is 0.305 e. The largest absolute Gasteiger partial charge is 0.481 e. The van der Waals surface area contributed by atoms with E-state index in [4.69, 9.17) is 5.11 Å². The van der Waals surface area contributed by atoms with Gasteiger partial charge in [0.25, 0.3) is 5.91 Å². The summed E-state index contributed by atoms with van der Waals surface area (Å²) in [6, 6.07) is 7.10. The third-order valence-corrected chi connectivity index (χ3v) is 2.89. The molecule has 0 bridgehead atoms. The van der Waals surface area contributed by atoms with Crippen LogP contribution in [0.1, 0.15) is 49.0 Å². The van der Waals surface area contributed by atoms with E-state index in [9.17, 15) is 9.59 Å². The summed E-state index contributed by atoms with van der Waals surface area (Å²) in [6.07, 6.45) is 3.24. The molecular weight excluding hydrogens is 242 g/mol. The second-order valence-electron chi connectivity index (χ2n) is 4.77. The topological polar surface area (TPSA) is 66.4 Å². The van der Waals surface area contributed by atoms with E-state index in [1.165, 1.54) is 5.56 Å². The number of carbonyl (C=O) groups is 2. The van der Waals surface area contributed by atoms with Crippen LogP contribution in [0.5, 0.6) is 0 Å². The zero-order chi connectivity index (χ0) is 14.3. The Bertz CT molecular complexity index is 426. The van der Waals surface area contributed by atoms with E-state index in [0.29, 0.717) is 5.56 Å². The molecule has 0 aliphatic rings. The molecule has 0 aromatic heterocycles. The normalized spacial score (nSPS) is 11.9. The number of amides is 1. The molecule has 1 rings (SSSR count). The zero-order valence-corrected chi connectivity index (χ0v) is 11.5. The maximum atomic E-state index is 11.9. The number of benzene rings is 1. The standard InChI is InChI=1S/C15H21NO3/c1-3-4-5-12-6-8-13(9-7-12)15(19)16-11(2)10-14(17)18/h6-9,11H,3-5,10H2,1-2H3,(H,16,19)(H,17,18). The number of rotatable bonds is 7. The van der Waals surface area contributed by atoms with Gasteiger partial charge in [0.15, 0.2) is 0 Å². The number of unbranched alkanes of at least 4 members (excludes halogenated alkanes) is 1. The van der Waals surface area contributed by atoms with Crippen LogP contribution in [0.15, 0.2) is 24.3 Å². The van der Waals surface area contributed by atoms with E-state index in [0.717, 1.165) is 19.3 Å². The Kier molecular flexibility index (Phi) is 6.06. The van der Waals surface area contributed by atoms with Crippen LogP contribution in [-0.4, -0.2) is 23.0 Å². The maximum absolute atomic E-state index is 11.9. The number of carboxylic acid groups (broad SMARTS) is 1. The molecule has 0 saturated carbocycles. The molecule has 104 valence electrons. The van der Waals surface area contributed by atoms with Crippen LogP contribution in [0.3, 0.4) is 0 Å². The van der Waals surface area contributed by atoms with Crippen LogP contribution >= 0.6 is 0 Å². The van der Waals surface area contributed by atoms with Crippen LogP contribution < -0.4 is 5.32 Å². The van der Waals surface area contributed by atoms with Gasteiger partial charge in [-0.15, -0.1) is 0 Å². The number of aryl methyl sites for hydroxylation is 1. The Morgan fingerprint density at radius 3 is 2.42 bits per heavy atom. The van der Waals surface area contributed by atoms with E-state index < -0.39 is 5.97 Å². The first kappa shape index (κ1) is 15.2. The minimum Gasteiger partial charge on any atom is -0.481 e. The molecule has 0 saturated heterocycles. The van der Waals surface area contributed by atoms with Gasteiger partial charge in [0.05, 0.1) is 6.42 Å². The van der Waals surface area contributed by atoms with Crippen molar-refractivity contribution in [2.45, 2.75) is 45.6 Å². The summed E-state index contributed by atoms with van der Waals surface area (Å²) in [5.41, 5.74) is 1.79. The van der Waals surface area contributed by atoms with Gasteiger partial charge in [0.1, 0.15) is 0 Å². The first-order chi connectivity index (χ1) is 9.02. The van der Waals surface area contributed by atoms with Crippen molar-refractivity contribution in [3.63, 3.8) is 0 Å². The Hall–Kier alpha value is -1.84. The molecule has 0 fully saturated rings. The molecule has 19 heavy (non-hydrogen) atoms. The summed E-state index contributed by atoms with van der Waals surface area (Å²) >= 11 is 0. The smallest absolute Gasteiger partial charge is 0.305 e. The number of hydrogen-bond acceptors (Lipinski definition) is 2. The summed E-state index contributed by atoms with van der Waals surface area (Å²) in [7, 11) is 0. The minimum absolute atomic E-state index is 0.0691. The third-order valence-electron chi connectivity index (χ3n) is 2.89. The Morgan fingerprint density at radius 2 is 1.89 bits per heavy atom. The van der Waals surface area contributed by atoms with Crippen molar-refractivity contribution >= 4 is 11.9 Å². The lowest BCUT2D eigenvalue weighted by Crippen LogP contribution is -2.34. The molecule has 0 spiro atoms. The number of nitrogens with one attached hydrogen (secondary N) is 1. The molecule has 1 atom stereocenters. The Balaban J connectivity index is 2.55. The molecule has 4 nitrogen and oxygen atoms in total. The van der Waals surface area contributed by atoms with Crippen LogP contribution in [0.4, 0.5) is 0 Å². The van der Waals surface area contributed by atoms with Crippen LogP contribution in [0.2, 0.25) is 0 Å². The highest BCUT2D eigenvalue weighted by Gasteiger charge is 2.12. The van der Waals surface area contributed by atoms with E-state index in [-0.39, 0.29) is 18.4 Å². The molecule has 2 N–H and O–H groups in total. The molecule has 1 aromatic carbocycles. The molecule has 0 heterocycles. The van der Waals surface area contributed by atoms with Crippen molar-refractivity contribution in [1.82, 2.24) is 5.32 Å². The van der Waals surface area contributed by atoms with Crippen LogP contribution in [0.25, 0.3) is 0 Å². The summed E-state index contributed by atoms with van der Waals surface area (Å²) in [6.45, 7) is 3.83. The van der Waals surface area contributed by atoms with Gasteiger partial charge < -0.3 is 10.4 Å². The molecule has 4 heteroatoms. The summed E-state index contributed by atoms with van der Waals surface area (Å²) < 4.78 is 0. The molecule has 1 amide bonds. The van der Waals surface area contributed by atoms with Crippen molar-refractivity contribution in [2.24, 2.45) is 0 Å². The lowest BCUT2D eigenvalue weighted by Gasteiger charge is -2.11. The number of carbonyl (C=O) groups excluding carboxylic acids is 1. The van der Waals surface area contributed by atoms with Crippen LogP contribution in [0, 0.1) is 0 Å². The van der Waals surface area contributed by atoms with Crippen LogP contribution in [-0.2, 0) is 11.2 Å². The lowest BCUT2D eigenvalue weighted by molar-refractivity contribution is -0.137. The fourth-order valence-electron chi connectivity index (χ4n) is 1.82. The van der Waals surface area contributed by atoms with E-state index >= 15 is 0 Å². The molecular formula is C15H21NO3.